The van der Waals surface area contributed by atoms with E-state index in [-0.39, 0.29) is 11.6 Å². The third-order valence-electron chi connectivity index (χ3n) is 3.36. The molecule has 0 saturated heterocycles. The van der Waals surface area contributed by atoms with Gasteiger partial charge in [-0.15, -0.1) is 0 Å². The predicted molar refractivity (Wildman–Crippen MR) is 67.1 cm³/mol. The van der Waals surface area contributed by atoms with Crippen LogP contribution in [-0.2, 0) is 4.79 Å². The number of rotatable bonds is 0. The maximum atomic E-state index is 13.5. The first-order valence-electron chi connectivity index (χ1n) is 5.87. The standard InChI is InChI=1S/C14H13FN2O/c15-9-3-1-2-8-7-17-14-12(11(8)4-9)5-10(16)6-13(14)18/h1,3-6,14,17H,2,7,16H2. The lowest BCUT2D eigenvalue weighted by atomic mass is 9.84. The van der Waals surface area contributed by atoms with E-state index in [1.165, 1.54) is 18.2 Å². The van der Waals surface area contributed by atoms with Crippen LogP contribution in [0.15, 0.2) is 58.6 Å². The number of hydrogen-bond donors (Lipinski definition) is 2. The summed E-state index contributed by atoms with van der Waals surface area (Å²) in [6, 6.07) is -0.391. The second-order valence-electron chi connectivity index (χ2n) is 4.61. The van der Waals surface area contributed by atoms with E-state index in [0.717, 1.165) is 16.7 Å². The van der Waals surface area contributed by atoms with Crippen LogP contribution in [0.1, 0.15) is 6.42 Å². The van der Waals surface area contributed by atoms with Gasteiger partial charge in [0.15, 0.2) is 5.78 Å². The molecule has 0 spiro atoms. The van der Waals surface area contributed by atoms with Crippen LogP contribution < -0.4 is 11.1 Å². The Kier molecular flexibility index (Phi) is 2.52. The molecule has 0 amide bonds. The van der Waals surface area contributed by atoms with E-state index in [1.807, 2.05) is 0 Å². The van der Waals surface area contributed by atoms with Gasteiger partial charge in [-0.2, -0.15) is 0 Å². The predicted octanol–water partition coefficient (Wildman–Crippen LogP) is 1.42. The van der Waals surface area contributed by atoms with Crippen LogP contribution in [0.2, 0.25) is 0 Å². The fraction of sp³-hybridized carbons (Fsp3) is 0.214. The highest BCUT2D eigenvalue weighted by molar-refractivity contribution is 6.00. The Morgan fingerprint density at radius 2 is 2.17 bits per heavy atom. The lowest BCUT2D eigenvalue weighted by molar-refractivity contribution is -0.115. The normalized spacial score (nSPS) is 26.8. The number of nitrogens with two attached hydrogens (primary N) is 1. The Morgan fingerprint density at radius 1 is 1.33 bits per heavy atom. The summed E-state index contributed by atoms with van der Waals surface area (Å²) in [5.41, 5.74) is 8.81. The van der Waals surface area contributed by atoms with Gasteiger partial charge in [-0.25, -0.2) is 4.39 Å². The van der Waals surface area contributed by atoms with Crippen molar-refractivity contribution in [3.8, 4) is 0 Å². The summed E-state index contributed by atoms with van der Waals surface area (Å²) in [5.74, 6) is -0.357. The van der Waals surface area contributed by atoms with Gasteiger partial charge in [0.1, 0.15) is 5.83 Å². The molecule has 3 N–H and O–H groups in total. The van der Waals surface area contributed by atoms with Crippen molar-refractivity contribution in [2.45, 2.75) is 12.5 Å². The first kappa shape index (κ1) is 11.2. The van der Waals surface area contributed by atoms with Gasteiger partial charge in [-0.3, -0.25) is 10.1 Å². The van der Waals surface area contributed by atoms with E-state index in [4.69, 9.17) is 5.73 Å². The maximum Gasteiger partial charge on any atom is 0.179 e. The second kappa shape index (κ2) is 4.07. The van der Waals surface area contributed by atoms with Crippen LogP contribution in [0.25, 0.3) is 0 Å². The van der Waals surface area contributed by atoms with Gasteiger partial charge in [0.05, 0.1) is 6.04 Å². The van der Waals surface area contributed by atoms with Gasteiger partial charge in [-0.05, 0) is 41.4 Å². The van der Waals surface area contributed by atoms with Gasteiger partial charge in [-0.1, -0.05) is 6.08 Å². The molecule has 2 aliphatic carbocycles. The van der Waals surface area contributed by atoms with Crippen molar-refractivity contribution >= 4 is 5.78 Å². The number of allylic oxidation sites excluding steroid dienone is 5. The molecule has 0 aromatic rings. The molecule has 3 nitrogen and oxygen atoms in total. The second-order valence-corrected chi connectivity index (χ2v) is 4.61. The zero-order chi connectivity index (χ0) is 12.7. The van der Waals surface area contributed by atoms with Gasteiger partial charge >= 0.3 is 0 Å². The average molecular weight is 244 g/mol. The molecule has 0 bridgehead atoms. The zero-order valence-corrected chi connectivity index (χ0v) is 9.74. The molecule has 18 heavy (non-hydrogen) atoms. The van der Waals surface area contributed by atoms with Crippen molar-refractivity contribution in [3.63, 3.8) is 0 Å². The van der Waals surface area contributed by atoms with Crippen molar-refractivity contribution in [2.24, 2.45) is 5.73 Å². The van der Waals surface area contributed by atoms with Crippen molar-refractivity contribution in [2.75, 3.05) is 6.54 Å². The lowest BCUT2D eigenvalue weighted by Crippen LogP contribution is -2.44. The van der Waals surface area contributed by atoms with Gasteiger partial charge in [0, 0.05) is 18.3 Å². The third kappa shape index (κ3) is 1.75. The number of carbonyl (C=O) groups excluding carboxylic acids is 1. The van der Waals surface area contributed by atoms with Crippen LogP contribution in [-0.4, -0.2) is 18.4 Å². The molecule has 4 heteroatoms. The summed E-state index contributed by atoms with van der Waals surface area (Å²) < 4.78 is 13.5. The van der Waals surface area contributed by atoms with Crippen molar-refractivity contribution in [1.29, 1.82) is 0 Å². The number of fused-ring (bicyclic) bond motifs is 2. The van der Waals surface area contributed by atoms with E-state index in [9.17, 15) is 9.18 Å². The number of carbonyl (C=O) groups is 1. The molecule has 92 valence electrons. The smallest absolute Gasteiger partial charge is 0.179 e. The molecule has 3 rings (SSSR count). The quantitative estimate of drug-likeness (QED) is 0.677. The number of ketones is 1. The largest absolute Gasteiger partial charge is 0.399 e. The summed E-state index contributed by atoms with van der Waals surface area (Å²) in [5, 5.41) is 3.17. The summed E-state index contributed by atoms with van der Waals surface area (Å²) in [4.78, 5) is 11.9. The Morgan fingerprint density at radius 3 is 3.00 bits per heavy atom. The minimum absolute atomic E-state index is 0.0671. The highest BCUT2D eigenvalue weighted by Gasteiger charge is 2.31. The third-order valence-corrected chi connectivity index (χ3v) is 3.36. The summed E-state index contributed by atoms with van der Waals surface area (Å²) in [6.07, 6.45) is 8.60. The highest BCUT2D eigenvalue weighted by atomic mass is 19.1. The number of nitrogens with one attached hydrogen (secondary N) is 1. The highest BCUT2D eigenvalue weighted by Crippen LogP contribution is 2.32. The fourth-order valence-electron chi connectivity index (χ4n) is 2.54. The minimum atomic E-state index is -0.391. The van der Waals surface area contributed by atoms with E-state index >= 15 is 0 Å². The Bertz CT molecular complexity index is 579. The first-order valence-corrected chi connectivity index (χ1v) is 5.87. The van der Waals surface area contributed by atoms with Crippen molar-refractivity contribution < 1.29 is 9.18 Å². The average Bonchev–Trinajstić information content (AvgIpc) is 2.50. The Hall–Kier alpha value is -1.94. The van der Waals surface area contributed by atoms with Crippen molar-refractivity contribution in [1.82, 2.24) is 5.32 Å². The number of hydrogen-bond acceptors (Lipinski definition) is 3. The topological polar surface area (TPSA) is 55.1 Å². The Balaban J connectivity index is 2.13. The molecule has 0 aromatic heterocycles. The van der Waals surface area contributed by atoms with Crippen LogP contribution in [0.5, 0.6) is 0 Å². The van der Waals surface area contributed by atoms with Gasteiger partial charge in [0.2, 0.25) is 0 Å². The molecule has 1 heterocycles. The molecule has 1 aliphatic heterocycles. The van der Waals surface area contributed by atoms with E-state index in [1.54, 1.807) is 12.2 Å². The SMILES string of the molecule is NC1=CC(=O)C2NCC3=C(C=C(F)C=CC3)C2=C1. The summed E-state index contributed by atoms with van der Waals surface area (Å²) >= 11 is 0. The van der Waals surface area contributed by atoms with E-state index < -0.39 is 6.04 Å². The van der Waals surface area contributed by atoms with Crippen LogP contribution in [0.4, 0.5) is 4.39 Å². The monoisotopic (exact) mass is 244 g/mol. The van der Waals surface area contributed by atoms with Crippen LogP contribution >= 0.6 is 0 Å². The van der Waals surface area contributed by atoms with Crippen molar-refractivity contribution in [3.05, 3.63) is 58.6 Å². The zero-order valence-electron chi connectivity index (χ0n) is 9.74. The number of halogens is 1. The molecule has 1 unspecified atom stereocenters. The molecule has 3 aliphatic rings. The van der Waals surface area contributed by atoms with Gasteiger partial charge < -0.3 is 5.73 Å². The fourth-order valence-corrected chi connectivity index (χ4v) is 2.54. The molecular weight excluding hydrogens is 231 g/mol. The lowest BCUT2D eigenvalue weighted by Gasteiger charge is -2.30. The molecule has 0 radical (unpaired) electrons. The maximum absolute atomic E-state index is 13.5. The van der Waals surface area contributed by atoms with Gasteiger partial charge in [0.25, 0.3) is 0 Å². The molecule has 0 fully saturated rings. The first-order chi connectivity index (χ1) is 8.65. The van der Waals surface area contributed by atoms with E-state index in [0.29, 0.717) is 18.7 Å². The van der Waals surface area contributed by atoms with Crippen LogP contribution in [0.3, 0.4) is 0 Å². The minimum Gasteiger partial charge on any atom is -0.399 e. The van der Waals surface area contributed by atoms with Crippen LogP contribution in [0, 0.1) is 0 Å². The molecule has 1 atom stereocenters. The van der Waals surface area contributed by atoms with E-state index in [2.05, 4.69) is 5.32 Å². The molecular formula is C14H13FN2O. The Labute approximate surface area is 104 Å². The summed E-state index contributed by atoms with van der Waals surface area (Å²) in [6.45, 7) is 0.602. The molecule has 0 saturated carbocycles. The molecule has 0 aromatic carbocycles. The summed E-state index contributed by atoms with van der Waals surface area (Å²) in [7, 11) is 0.